The highest BCUT2D eigenvalue weighted by Crippen LogP contribution is 2.29. The Morgan fingerprint density at radius 3 is 2.62 bits per heavy atom. The van der Waals surface area contributed by atoms with Gasteiger partial charge in [-0.1, -0.05) is 41.4 Å². The van der Waals surface area contributed by atoms with Crippen molar-refractivity contribution in [2.24, 2.45) is 0 Å². The van der Waals surface area contributed by atoms with Gasteiger partial charge in [-0.2, -0.15) is 0 Å². The number of para-hydroxylation sites is 1. The molecule has 0 aliphatic carbocycles. The van der Waals surface area contributed by atoms with Crippen LogP contribution in [0.5, 0.6) is 5.75 Å². The molecule has 2 aromatic rings. The Labute approximate surface area is 133 Å². The summed E-state index contributed by atoms with van der Waals surface area (Å²) in [5, 5.41) is 3.78. The van der Waals surface area contributed by atoms with E-state index in [0.717, 1.165) is 11.3 Å². The Morgan fingerprint density at radius 2 is 1.90 bits per heavy atom. The normalized spacial score (nSPS) is 12.2. The number of benzene rings is 2. The van der Waals surface area contributed by atoms with Gasteiger partial charge in [-0.25, -0.2) is 4.39 Å². The largest absolute Gasteiger partial charge is 0.496 e. The highest BCUT2D eigenvalue weighted by atomic mass is 35.5. The molecule has 1 atom stereocenters. The van der Waals surface area contributed by atoms with Crippen LogP contribution in [0.15, 0.2) is 36.4 Å². The summed E-state index contributed by atoms with van der Waals surface area (Å²) in [6.45, 7) is 2.51. The minimum absolute atomic E-state index is 0.0284. The van der Waals surface area contributed by atoms with Crippen molar-refractivity contribution in [3.63, 3.8) is 0 Å². The fourth-order valence-electron chi connectivity index (χ4n) is 2.09. The lowest BCUT2D eigenvalue weighted by molar-refractivity contribution is 0.406. The zero-order chi connectivity index (χ0) is 15.4. The van der Waals surface area contributed by atoms with Crippen molar-refractivity contribution in [2.75, 3.05) is 7.11 Å². The van der Waals surface area contributed by atoms with Gasteiger partial charge in [-0.05, 0) is 30.7 Å². The molecule has 0 bridgehead atoms. The van der Waals surface area contributed by atoms with E-state index < -0.39 is 5.82 Å². The number of halogens is 3. The zero-order valence-corrected chi connectivity index (χ0v) is 13.3. The molecule has 0 heterocycles. The van der Waals surface area contributed by atoms with Crippen LogP contribution in [-0.4, -0.2) is 7.11 Å². The maximum Gasteiger partial charge on any atom is 0.142 e. The minimum atomic E-state index is -0.470. The van der Waals surface area contributed by atoms with Crippen molar-refractivity contribution < 1.29 is 9.13 Å². The first-order chi connectivity index (χ1) is 10.0. The number of hydrogen-bond donors (Lipinski definition) is 1. The number of methoxy groups -OCH3 is 1. The summed E-state index contributed by atoms with van der Waals surface area (Å²) in [5.41, 5.74) is 1.70. The molecule has 112 valence electrons. The average molecular weight is 328 g/mol. The molecule has 0 aliphatic heterocycles. The quantitative estimate of drug-likeness (QED) is 0.781. The third-order valence-electron chi connectivity index (χ3n) is 3.30. The molecular formula is C16H16Cl2FNO. The second-order valence-electron chi connectivity index (χ2n) is 4.70. The standard InChI is InChI=1S/C16H16Cl2FNO/c1-10(12-7-15(19)14(18)8-13(12)17)20-9-11-5-3-4-6-16(11)21-2/h3-8,10,20H,9H2,1-2H3. The summed E-state index contributed by atoms with van der Waals surface area (Å²) >= 11 is 11.8. The Bertz CT molecular complexity index is 634. The highest BCUT2D eigenvalue weighted by Gasteiger charge is 2.13. The number of hydrogen-bond acceptors (Lipinski definition) is 2. The lowest BCUT2D eigenvalue weighted by Gasteiger charge is -2.17. The van der Waals surface area contributed by atoms with Crippen LogP contribution in [0, 0.1) is 5.82 Å². The van der Waals surface area contributed by atoms with Crippen LogP contribution in [0.1, 0.15) is 24.1 Å². The van der Waals surface area contributed by atoms with Crippen LogP contribution in [0.2, 0.25) is 10.0 Å². The van der Waals surface area contributed by atoms with Gasteiger partial charge in [0.25, 0.3) is 0 Å². The van der Waals surface area contributed by atoms with Gasteiger partial charge in [0, 0.05) is 23.2 Å². The monoisotopic (exact) mass is 327 g/mol. The molecule has 0 fully saturated rings. The molecule has 0 amide bonds. The van der Waals surface area contributed by atoms with E-state index in [0.29, 0.717) is 17.1 Å². The lowest BCUT2D eigenvalue weighted by atomic mass is 10.1. The predicted octanol–water partition coefficient (Wildman–Crippen LogP) is 4.99. The summed E-state index contributed by atoms with van der Waals surface area (Å²) in [4.78, 5) is 0. The molecule has 0 spiro atoms. The van der Waals surface area contributed by atoms with Crippen LogP contribution >= 0.6 is 23.2 Å². The second-order valence-corrected chi connectivity index (χ2v) is 5.52. The van der Waals surface area contributed by atoms with E-state index in [1.54, 1.807) is 7.11 Å². The Hall–Kier alpha value is -1.29. The molecule has 0 aliphatic rings. The summed E-state index contributed by atoms with van der Waals surface area (Å²) in [5.74, 6) is 0.340. The number of nitrogens with one attached hydrogen (secondary N) is 1. The van der Waals surface area contributed by atoms with Crippen molar-refractivity contribution in [1.82, 2.24) is 5.32 Å². The molecule has 0 aromatic heterocycles. The first kappa shape index (κ1) is 16.1. The zero-order valence-electron chi connectivity index (χ0n) is 11.8. The SMILES string of the molecule is COc1ccccc1CNC(C)c1cc(F)c(Cl)cc1Cl. The number of rotatable bonds is 5. The lowest BCUT2D eigenvalue weighted by Crippen LogP contribution is -2.19. The van der Waals surface area contributed by atoms with E-state index in [4.69, 9.17) is 27.9 Å². The van der Waals surface area contributed by atoms with E-state index in [-0.39, 0.29) is 11.1 Å². The van der Waals surface area contributed by atoms with Gasteiger partial charge < -0.3 is 10.1 Å². The number of ether oxygens (including phenoxy) is 1. The summed E-state index contributed by atoms with van der Waals surface area (Å²) in [7, 11) is 1.63. The average Bonchev–Trinajstić information content (AvgIpc) is 2.48. The molecule has 1 N–H and O–H groups in total. The van der Waals surface area contributed by atoms with Crippen LogP contribution in [-0.2, 0) is 6.54 Å². The molecule has 0 saturated heterocycles. The van der Waals surface area contributed by atoms with Gasteiger partial charge in [0.15, 0.2) is 0 Å². The summed E-state index contributed by atoms with van der Waals surface area (Å²) < 4.78 is 18.9. The minimum Gasteiger partial charge on any atom is -0.496 e. The molecule has 0 radical (unpaired) electrons. The van der Waals surface area contributed by atoms with E-state index >= 15 is 0 Å². The van der Waals surface area contributed by atoms with E-state index in [9.17, 15) is 4.39 Å². The van der Waals surface area contributed by atoms with Crippen LogP contribution in [0.25, 0.3) is 0 Å². The van der Waals surface area contributed by atoms with Crippen LogP contribution in [0.4, 0.5) is 4.39 Å². The van der Waals surface area contributed by atoms with Gasteiger partial charge in [0.05, 0.1) is 12.1 Å². The molecule has 2 aromatic carbocycles. The smallest absolute Gasteiger partial charge is 0.142 e. The molecule has 0 saturated carbocycles. The van der Waals surface area contributed by atoms with Gasteiger partial charge in [0.2, 0.25) is 0 Å². The van der Waals surface area contributed by atoms with Crippen LogP contribution in [0.3, 0.4) is 0 Å². The third-order valence-corrected chi connectivity index (χ3v) is 3.91. The Morgan fingerprint density at radius 1 is 1.19 bits per heavy atom. The van der Waals surface area contributed by atoms with Gasteiger partial charge in [-0.3, -0.25) is 0 Å². The second kappa shape index (κ2) is 7.12. The molecule has 21 heavy (non-hydrogen) atoms. The van der Waals surface area contributed by atoms with Crippen molar-refractivity contribution in [3.05, 3.63) is 63.4 Å². The Balaban J connectivity index is 2.12. The van der Waals surface area contributed by atoms with Crippen molar-refractivity contribution in [1.29, 1.82) is 0 Å². The van der Waals surface area contributed by atoms with Gasteiger partial charge in [0.1, 0.15) is 11.6 Å². The molecule has 1 unspecified atom stereocenters. The topological polar surface area (TPSA) is 21.3 Å². The molecular weight excluding hydrogens is 312 g/mol. The third kappa shape index (κ3) is 3.88. The maximum atomic E-state index is 13.6. The van der Waals surface area contributed by atoms with E-state index in [1.807, 2.05) is 31.2 Å². The van der Waals surface area contributed by atoms with Gasteiger partial charge in [-0.15, -0.1) is 0 Å². The van der Waals surface area contributed by atoms with E-state index in [2.05, 4.69) is 5.32 Å². The van der Waals surface area contributed by atoms with Crippen molar-refractivity contribution >= 4 is 23.2 Å². The molecule has 2 rings (SSSR count). The first-order valence-electron chi connectivity index (χ1n) is 6.52. The predicted molar refractivity (Wildman–Crippen MR) is 84.7 cm³/mol. The maximum absolute atomic E-state index is 13.6. The summed E-state index contributed by atoms with van der Waals surface area (Å²) in [6.07, 6.45) is 0. The summed E-state index contributed by atoms with van der Waals surface area (Å²) in [6, 6.07) is 10.4. The van der Waals surface area contributed by atoms with Crippen molar-refractivity contribution in [3.8, 4) is 5.75 Å². The fraction of sp³-hybridized carbons (Fsp3) is 0.250. The van der Waals surface area contributed by atoms with Crippen LogP contribution < -0.4 is 10.1 Å². The van der Waals surface area contributed by atoms with Gasteiger partial charge >= 0.3 is 0 Å². The fourth-order valence-corrected chi connectivity index (χ4v) is 2.64. The van der Waals surface area contributed by atoms with E-state index in [1.165, 1.54) is 12.1 Å². The first-order valence-corrected chi connectivity index (χ1v) is 7.28. The highest BCUT2D eigenvalue weighted by molar-refractivity contribution is 6.35. The molecule has 2 nitrogen and oxygen atoms in total. The Kier molecular flexibility index (Phi) is 5.45. The molecule has 5 heteroatoms. The van der Waals surface area contributed by atoms with Crippen molar-refractivity contribution in [2.45, 2.75) is 19.5 Å².